The van der Waals surface area contributed by atoms with Gasteiger partial charge in [0.25, 0.3) is 0 Å². The van der Waals surface area contributed by atoms with Gasteiger partial charge in [-0.2, -0.15) is 0 Å². The van der Waals surface area contributed by atoms with Crippen LogP contribution in [0.25, 0.3) is 0 Å². The Labute approximate surface area is 116 Å². The van der Waals surface area contributed by atoms with E-state index in [1.807, 2.05) is 32.0 Å². The summed E-state index contributed by atoms with van der Waals surface area (Å²) in [6.45, 7) is 3.39. The van der Waals surface area contributed by atoms with E-state index in [2.05, 4.69) is 26.2 Å². The maximum atomic E-state index is 11.9. The quantitative estimate of drug-likeness (QED) is 0.926. The SMILES string of the molecule is Cc1nc(NC(=O)N(C)CCN(C)C)ccc1Br. The molecule has 0 saturated heterocycles. The number of nitrogens with zero attached hydrogens (tertiary/aromatic N) is 3. The minimum absolute atomic E-state index is 0.147. The molecule has 5 nitrogen and oxygen atoms in total. The van der Waals surface area contributed by atoms with Gasteiger partial charge in [0.1, 0.15) is 5.82 Å². The fourth-order valence-corrected chi connectivity index (χ4v) is 1.49. The summed E-state index contributed by atoms with van der Waals surface area (Å²) in [5, 5.41) is 2.77. The first-order valence-electron chi connectivity index (χ1n) is 5.70. The number of anilines is 1. The van der Waals surface area contributed by atoms with Crippen molar-refractivity contribution in [3.8, 4) is 0 Å². The second kappa shape index (κ2) is 6.70. The van der Waals surface area contributed by atoms with Gasteiger partial charge in [-0.25, -0.2) is 9.78 Å². The van der Waals surface area contributed by atoms with Crippen molar-refractivity contribution in [2.75, 3.05) is 39.5 Å². The average molecular weight is 315 g/mol. The Morgan fingerprint density at radius 2 is 2.00 bits per heavy atom. The van der Waals surface area contributed by atoms with Crippen LogP contribution in [-0.4, -0.2) is 55.0 Å². The van der Waals surface area contributed by atoms with Crippen molar-refractivity contribution < 1.29 is 4.79 Å². The minimum Gasteiger partial charge on any atom is -0.326 e. The van der Waals surface area contributed by atoms with E-state index >= 15 is 0 Å². The lowest BCUT2D eigenvalue weighted by Gasteiger charge is -2.20. The molecule has 6 heteroatoms. The molecule has 0 saturated carbocycles. The second-order valence-electron chi connectivity index (χ2n) is 4.42. The number of aryl methyl sites for hydroxylation is 1. The third-order valence-corrected chi connectivity index (χ3v) is 3.32. The van der Waals surface area contributed by atoms with Crippen LogP contribution in [0.15, 0.2) is 16.6 Å². The van der Waals surface area contributed by atoms with Gasteiger partial charge in [0, 0.05) is 24.6 Å². The Kier molecular flexibility index (Phi) is 5.55. The van der Waals surface area contributed by atoms with Gasteiger partial charge in [0.2, 0.25) is 0 Å². The molecule has 0 unspecified atom stereocenters. The monoisotopic (exact) mass is 314 g/mol. The first-order chi connectivity index (χ1) is 8.40. The zero-order valence-electron chi connectivity index (χ0n) is 11.2. The number of pyridine rings is 1. The predicted octanol–water partition coefficient (Wildman–Crippen LogP) is 2.18. The molecule has 1 N–H and O–H groups in total. The van der Waals surface area contributed by atoms with E-state index in [1.165, 1.54) is 0 Å². The van der Waals surface area contributed by atoms with E-state index in [1.54, 1.807) is 18.0 Å². The molecular weight excluding hydrogens is 296 g/mol. The number of halogens is 1. The number of aromatic nitrogens is 1. The fourth-order valence-electron chi connectivity index (χ4n) is 1.27. The van der Waals surface area contributed by atoms with Crippen LogP contribution in [0.4, 0.5) is 10.6 Å². The normalized spacial score (nSPS) is 10.6. The number of carbonyl (C=O) groups is 1. The molecule has 1 heterocycles. The van der Waals surface area contributed by atoms with E-state index in [0.29, 0.717) is 12.4 Å². The van der Waals surface area contributed by atoms with Crippen LogP contribution in [-0.2, 0) is 0 Å². The van der Waals surface area contributed by atoms with Gasteiger partial charge in [-0.3, -0.25) is 5.32 Å². The second-order valence-corrected chi connectivity index (χ2v) is 5.27. The summed E-state index contributed by atoms with van der Waals surface area (Å²) in [6.07, 6.45) is 0. The number of urea groups is 1. The summed E-state index contributed by atoms with van der Waals surface area (Å²) in [7, 11) is 5.72. The molecule has 0 aliphatic rings. The molecule has 0 fully saturated rings. The lowest BCUT2D eigenvalue weighted by molar-refractivity contribution is 0.217. The Balaban J connectivity index is 2.55. The highest BCUT2D eigenvalue weighted by atomic mass is 79.9. The van der Waals surface area contributed by atoms with Crippen LogP contribution in [0.5, 0.6) is 0 Å². The number of likely N-dealkylation sites (N-methyl/N-ethyl adjacent to an activating group) is 2. The highest BCUT2D eigenvalue weighted by molar-refractivity contribution is 9.10. The maximum Gasteiger partial charge on any atom is 0.322 e. The predicted molar refractivity (Wildman–Crippen MR) is 76.9 cm³/mol. The zero-order chi connectivity index (χ0) is 13.7. The van der Waals surface area contributed by atoms with Crippen molar-refractivity contribution in [2.45, 2.75) is 6.92 Å². The van der Waals surface area contributed by atoms with E-state index in [4.69, 9.17) is 0 Å². The van der Waals surface area contributed by atoms with Crippen LogP contribution in [0.3, 0.4) is 0 Å². The standard InChI is InChI=1S/C12H19BrN4O/c1-9-10(13)5-6-11(14-9)15-12(18)17(4)8-7-16(2)3/h5-6H,7-8H2,1-4H3,(H,14,15,18). The average Bonchev–Trinajstić information content (AvgIpc) is 2.30. The van der Waals surface area contributed by atoms with Gasteiger partial charge >= 0.3 is 6.03 Å². The Morgan fingerprint density at radius 1 is 1.33 bits per heavy atom. The van der Waals surface area contributed by atoms with Gasteiger partial charge in [-0.05, 0) is 49.1 Å². The van der Waals surface area contributed by atoms with E-state index < -0.39 is 0 Å². The van der Waals surface area contributed by atoms with Crippen molar-refractivity contribution in [2.24, 2.45) is 0 Å². The van der Waals surface area contributed by atoms with Crippen molar-refractivity contribution in [3.05, 3.63) is 22.3 Å². The third kappa shape index (κ3) is 4.62. The number of carbonyl (C=O) groups excluding carboxylic acids is 1. The van der Waals surface area contributed by atoms with E-state index in [-0.39, 0.29) is 6.03 Å². The summed E-state index contributed by atoms with van der Waals surface area (Å²) in [5.74, 6) is 0.567. The number of hydrogen-bond donors (Lipinski definition) is 1. The van der Waals surface area contributed by atoms with Gasteiger partial charge in [0.15, 0.2) is 0 Å². The van der Waals surface area contributed by atoms with E-state index in [0.717, 1.165) is 16.7 Å². The van der Waals surface area contributed by atoms with Crippen LogP contribution in [0.2, 0.25) is 0 Å². The first-order valence-corrected chi connectivity index (χ1v) is 6.49. The van der Waals surface area contributed by atoms with Crippen molar-refractivity contribution >= 4 is 27.8 Å². The minimum atomic E-state index is -0.147. The van der Waals surface area contributed by atoms with E-state index in [9.17, 15) is 4.79 Å². The summed E-state index contributed by atoms with van der Waals surface area (Å²) < 4.78 is 0.932. The van der Waals surface area contributed by atoms with Crippen molar-refractivity contribution in [1.82, 2.24) is 14.8 Å². The van der Waals surface area contributed by atoms with Gasteiger partial charge in [0.05, 0.1) is 5.69 Å². The molecule has 0 aliphatic heterocycles. The summed E-state index contributed by atoms with van der Waals surface area (Å²) >= 11 is 3.37. The van der Waals surface area contributed by atoms with Gasteiger partial charge in [-0.15, -0.1) is 0 Å². The molecular formula is C12H19BrN4O. The molecule has 18 heavy (non-hydrogen) atoms. The maximum absolute atomic E-state index is 11.9. The molecule has 0 spiro atoms. The molecule has 1 rings (SSSR count). The van der Waals surface area contributed by atoms with Crippen LogP contribution in [0, 0.1) is 6.92 Å². The molecule has 0 bridgehead atoms. The first kappa shape index (κ1) is 14.9. The molecule has 0 aromatic carbocycles. The fraction of sp³-hybridized carbons (Fsp3) is 0.500. The smallest absolute Gasteiger partial charge is 0.322 e. The van der Waals surface area contributed by atoms with Crippen LogP contribution < -0.4 is 5.32 Å². The summed E-state index contributed by atoms with van der Waals surface area (Å²) in [4.78, 5) is 19.8. The molecule has 0 atom stereocenters. The number of nitrogens with one attached hydrogen (secondary N) is 1. The highest BCUT2D eigenvalue weighted by Gasteiger charge is 2.09. The Bertz CT molecular complexity index is 423. The lowest BCUT2D eigenvalue weighted by atomic mass is 10.4. The third-order valence-electron chi connectivity index (χ3n) is 2.49. The number of amides is 2. The highest BCUT2D eigenvalue weighted by Crippen LogP contribution is 2.16. The van der Waals surface area contributed by atoms with Crippen LogP contribution in [0.1, 0.15) is 5.69 Å². The zero-order valence-corrected chi connectivity index (χ0v) is 12.8. The molecule has 100 valence electrons. The lowest BCUT2D eigenvalue weighted by Crippen LogP contribution is -2.36. The van der Waals surface area contributed by atoms with Crippen LogP contribution >= 0.6 is 15.9 Å². The Hall–Kier alpha value is -1.14. The van der Waals surface area contributed by atoms with Gasteiger partial charge in [-0.1, -0.05) is 0 Å². The van der Waals surface area contributed by atoms with Crippen molar-refractivity contribution in [1.29, 1.82) is 0 Å². The largest absolute Gasteiger partial charge is 0.326 e. The molecule has 0 aliphatic carbocycles. The van der Waals surface area contributed by atoms with Crippen molar-refractivity contribution in [3.63, 3.8) is 0 Å². The molecule has 2 amide bonds. The number of rotatable bonds is 4. The molecule has 0 radical (unpaired) electrons. The summed E-state index contributed by atoms with van der Waals surface area (Å²) in [5.41, 5.74) is 0.851. The van der Waals surface area contributed by atoms with Gasteiger partial charge < -0.3 is 9.80 Å². The molecule has 1 aromatic heterocycles. The molecule has 1 aromatic rings. The Morgan fingerprint density at radius 3 is 2.56 bits per heavy atom. The topological polar surface area (TPSA) is 48.5 Å². The summed E-state index contributed by atoms with van der Waals surface area (Å²) in [6, 6.07) is 3.50. The number of hydrogen-bond acceptors (Lipinski definition) is 3.